The third kappa shape index (κ3) is 4.58. The quantitative estimate of drug-likeness (QED) is 0.764. The van der Waals surface area contributed by atoms with Crippen LogP contribution in [-0.4, -0.2) is 48.1 Å². The van der Waals surface area contributed by atoms with E-state index in [1.807, 2.05) is 41.3 Å². The number of piperidine rings is 2. The van der Waals surface area contributed by atoms with Gasteiger partial charge in [0.1, 0.15) is 17.7 Å². The Balaban J connectivity index is 1.30. The lowest BCUT2D eigenvalue weighted by atomic mass is 10.1. The van der Waals surface area contributed by atoms with E-state index >= 15 is 0 Å². The molecule has 3 heterocycles. The van der Waals surface area contributed by atoms with Crippen molar-refractivity contribution >= 4 is 23.3 Å². The number of benzene rings is 1. The van der Waals surface area contributed by atoms with E-state index in [4.69, 9.17) is 16.3 Å². The second-order valence-electron chi connectivity index (χ2n) is 7.52. The Morgan fingerprint density at radius 3 is 2.32 bits per heavy atom. The number of carbonyl (C=O) groups excluding carboxylic acids is 1. The molecule has 2 aromatic rings. The van der Waals surface area contributed by atoms with Crippen molar-refractivity contribution in [1.82, 2.24) is 9.88 Å². The van der Waals surface area contributed by atoms with Crippen LogP contribution in [0.1, 0.15) is 42.5 Å². The SMILES string of the molecule is O=C(c1ccc(N2CCCCC2)nc1)N1CCC(Oc2ccc(Cl)cc2)CC1. The summed E-state index contributed by atoms with van der Waals surface area (Å²) in [6.07, 6.45) is 7.24. The lowest BCUT2D eigenvalue weighted by Gasteiger charge is -2.32. The Hall–Kier alpha value is -2.27. The normalized spacial score (nSPS) is 18.2. The molecule has 0 atom stereocenters. The van der Waals surface area contributed by atoms with Crippen LogP contribution in [0.15, 0.2) is 42.6 Å². The number of hydrogen-bond acceptors (Lipinski definition) is 4. The van der Waals surface area contributed by atoms with E-state index in [1.165, 1.54) is 19.3 Å². The van der Waals surface area contributed by atoms with Crippen molar-refractivity contribution in [2.75, 3.05) is 31.1 Å². The van der Waals surface area contributed by atoms with E-state index in [2.05, 4.69) is 9.88 Å². The van der Waals surface area contributed by atoms with Gasteiger partial charge in [0.15, 0.2) is 0 Å². The molecule has 148 valence electrons. The van der Waals surface area contributed by atoms with E-state index in [0.29, 0.717) is 23.7 Å². The molecule has 1 amide bonds. The highest BCUT2D eigenvalue weighted by Gasteiger charge is 2.25. The van der Waals surface area contributed by atoms with E-state index < -0.39 is 0 Å². The first-order chi connectivity index (χ1) is 13.7. The number of amides is 1. The number of carbonyl (C=O) groups is 1. The van der Waals surface area contributed by atoms with Crippen molar-refractivity contribution in [3.63, 3.8) is 0 Å². The highest BCUT2D eigenvalue weighted by atomic mass is 35.5. The Bertz CT molecular complexity index is 780. The molecule has 2 aliphatic heterocycles. The van der Waals surface area contributed by atoms with Crippen LogP contribution in [0.3, 0.4) is 0 Å². The standard InChI is InChI=1S/C22H26ClN3O2/c23-18-5-7-19(8-6-18)28-20-10-14-26(15-11-20)22(27)17-4-9-21(24-16-17)25-12-2-1-3-13-25/h4-9,16,20H,1-3,10-15H2. The molecule has 5 nitrogen and oxygen atoms in total. The zero-order chi connectivity index (χ0) is 19.3. The molecule has 0 unspecified atom stereocenters. The Kier molecular flexibility index (Phi) is 6.01. The molecule has 2 saturated heterocycles. The smallest absolute Gasteiger partial charge is 0.255 e. The molecule has 2 fully saturated rings. The minimum Gasteiger partial charge on any atom is -0.490 e. The van der Waals surface area contributed by atoms with Crippen LogP contribution in [0.25, 0.3) is 0 Å². The topological polar surface area (TPSA) is 45.7 Å². The fraction of sp³-hybridized carbons (Fsp3) is 0.455. The predicted molar refractivity (Wildman–Crippen MR) is 111 cm³/mol. The summed E-state index contributed by atoms with van der Waals surface area (Å²) in [4.78, 5) is 21.6. The fourth-order valence-electron chi connectivity index (χ4n) is 3.89. The maximum Gasteiger partial charge on any atom is 0.255 e. The molecule has 4 rings (SSSR count). The Labute approximate surface area is 171 Å². The van der Waals surface area contributed by atoms with Crippen LogP contribution in [0.2, 0.25) is 5.02 Å². The van der Waals surface area contributed by atoms with Gasteiger partial charge in [0.05, 0.1) is 5.56 Å². The van der Waals surface area contributed by atoms with Gasteiger partial charge < -0.3 is 14.5 Å². The van der Waals surface area contributed by atoms with Gasteiger partial charge in [-0.15, -0.1) is 0 Å². The van der Waals surface area contributed by atoms with Gasteiger partial charge in [-0.1, -0.05) is 11.6 Å². The van der Waals surface area contributed by atoms with Crippen LogP contribution in [0, 0.1) is 0 Å². The summed E-state index contributed by atoms with van der Waals surface area (Å²) in [5, 5.41) is 0.702. The van der Waals surface area contributed by atoms with Crippen LogP contribution >= 0.6 is 11.6 Å². The first kappa shape index (κ1) is 19.1. The van der Waals surface area contributed by atoms with Crippen molar-refractivity contribution in [1.29, 1.82) is 0 Å². The summed E-state index contributed by atoms with van der Waals surface area (Å²) in [6, 6.07) is 11.3. The van der Waals surface area contributed by atoms with Gasteiger partial charge in [-0.3, -0.25) is 4.79 Å². The molecular weight excluding hydrogens is 374 g/mol. The highest BCUT2D eigenvalue weighted by Crippen LogP contribution is 2.23. The Morgan fingerprint density at radius 2 is 1.68 bits per heavy atom. The third-order valence-electron chi connectivity index (χ3n) is 5.52. The van der Waals surface area contributed by atoms with Gasteiger partial charge in [-0.2, -0.15) is 0 Å². The molecule has 28 heavy (non-hydrogen) atoms. The van der Waals surface area contributed by atoms with E-state index in [1.54, 1.807) is 6.20 Å². The summed E-state index contributed by atoms with van der Waals surface area (Å²) < 4.78 is 6.01. The molecule has 0 N–H and O–H groups in total. The fourth-order valence-corrected chi connectivity index (χ4v) is 4.01. The molecule has 6 heteroatoms. The molecule has 1 aromatic heterocycles. The van der Waals surface area contributed by atoms with Crippen molar-refractivity contribution in [3.05, 3.63) is 53.2 Å². The number of halogens is 1. The highest BCUT2D eigenvalue weighted by molar-refractivity contribution is 6.30. The molecular formula is C22H26ClN3O2. The maximum absolute atomic E-state index is 12.8. The number of pyridine rings is 1. The van der Waals surface area contributed by atoms with Crippen molar-refractivity contribution in [2.24, 2.45) is 0 Å². The second-order valence-corrected chi connectivity index (χ2v) is 7.95. The molecule has 0 aliphatic carbocycles. The minimum atomic E-state index is 0.0580. The lowest BCUT2D eigenvalue weighted by Crippen LogP contribution is -2.41. The number of anilines is 1. The van der Waals surface area contributed by atoms with Crippen LogP contribution in [-0.2, 0) is 0 Å². The van der Waals surface area contributed by atoms with E-state index in [0.717, 1.165) is 37.5 Å². The number of aromatic nitrogens is 1. The summed E-state index contributed by atoms with van der Waals surface area (Å²) in [6.45, 7) is 3.51. The number of nitrogens with zero attached hydrogens (tertiary/aromatic N) is 3. The first-order valence-corrected chi connectivity index (χ1v) is 10.5. The third-order valence-corrected chi connectivity index (χ3v) is 5.77. The minimum absolute atomic E-state index is 0.0580. The van der Waals surface area contributed by atoms with Gasteiger partial charge in [-0.05, 0) is 55.7 Å². The van der Waals surface area contributed by atoms with Crippen LogP contribution in [0.4, 0.5) is 5.82 Å². The summed E-state index contributed by atoms with van der Waals surface area (Å²) in [7, 11) is 0. The van der Waals surface area contributed by atoms with Crippen molar-refractivity contribution < 1.29 is 9.53 Å². The molecule has 0 saturated carbocycles. The molecule has 1 aromatic carbocycles. The van der Waals surface area contributed by atoms with Crippen LogP contribution in [0.5, 0.6) is 5.75 Å². The average molecular weight is 400 g/mol. The largest absolute Gasteiger partial charge is 0.490 e. The molecule has 2 aliphatic rings. The summed E-state index contributed by atoms with van der Waals surface area (Å²) >= 11 is 5.91. The van der Waals surface area contributed by atoms with Gasteiger partial charge in [0.25, 0.3) is 5.91 Å². The van der Waals surface area contributed by atoms with Gasteiger partial charge in [0.2, 0.25) is 0 Å². The second kappa shape index (κ2) is 8.82. The maximum atomic E-state index is 12.8. The molecule has 0 radical (unpaired) electrons. The van der Waals surface area contributed by atoms with Crippen LogP contribution < -0.4 is 9.64 Å². The number of ether oxygens (including phenoxy) is 1. The number of rotatable bonds is 4. The van der Waals surface area contributed by atoms with Crippen molar-refractivity contribution in [2.45, 2.75) is 38.2 Å². The predicted octanol–water partition coefficient (Wildman–Crippen LogP) is 4.41. The van der Waals surface area contributed by atoms with Gasteiger partial charge in [-0.25, -0.2) is 4.98 Å². The van der Waals surface area contributed by atoms with Crippen molar-refractivity contribution in [3.8, 4) is 5.75 Å². The monoisotopic (exact) mass is 399 g/mol. The van der Waals surface area contributed by atoms with Gasteiger partial charge in [0, 0.05) is 50.2 Å². The zero-order valence-electron chi connectivity index (χ0n) is 16.0. The first-order valence-electron chi connectivity index (χ1n) is 10.1. The number of likely N-dealkylation sites (tertiary alicyclic amines) is 1. The Morgan fingerprint density at radius 1 is 0.964 bits per heavy atom. The molecule has 0 spiro atoms. The summed E-state index contributed by atoms with van der Waals surface area (Å²) in [5.41, 5.74) is 0.665. The average Bonchev–Trinajstić information content (AvgIpc) is 2.76. The zero-order valence-corrected chi connectivity index (χ0v) is 16.8. The number of hydrogen-bond donors (Lipinski definition) is 0. The van der Waals surface area contributed by atoms with E-state index in [-0.39, 0.29) is 12.0 Å². The van der Waals surface area contributed by atoms with E-state index in [9.17, 15) is 4.79 Å². The molecule has 0 bridgehead atoms. The van der Waals surface area contributed by atoms with Gasteiger partial charge >= 0.3 is 0 Å². The summed E-state index contributed by atoms with van der Waals surface area (Å²) in [5.74, 6) is 1.86. The lowest BCUT2D eigenvalue weighted by molar-refractivity contribution is 0.0595.